The molecule has 1 aromatic rings. The maximum Gasteiger partial charge on any atom is 0.255 e. The van der Waals surface area contributed by atoms with Crippen LogP contribution >= 0.6 is 0 Å². The van der Waals surface area contributed by atoms with Gasteiger partial charge in [0.05, 0.1) is 6.54 Å². The van der Waals surface area contributed by atoms with Gasteiger partial charge >= 0.3 is 0 Å². The molecule has 1 aromatic carbocycles. The number of nitrogens with zero attached hydrogens (tertiary/aromatic N) is 2. The average molecular weight is 304 g/mol. The zero-order chi connectivity index (χ0) is 15.8. The summed E-state index contributed by atoms with van der Waals surface area (Å²) in [5.74, 6) is 1.12. The molecule has 0 atom stereocenters. The van der Waals surface area contributed by atoms with Gasteiger partial charge in [-0.3, -0.25) is 4.79 Å². The lowest BCUT2D eigenvalue weighted by Crippen LogP contribution is -2.39. The molecule has 0 saturated carbocycles. The normalized spacial score (nSPS) is 15.0. The molecule has 2 rings (SSSR count). The van der Waals surface area contributed by atoms with Crippen molar-refractivity contribution in [3.05, 3.63) is 29.8 Å². The van der Waals surface area contributed by atoms with Gasteiger partial charge in [0.25, 0.3) is 5.91 Å². The van der Waals surface area contributed by atoms with Crippen LogP contribution in [0.3, 0.4) is 0 Å². The van der Waals surface area contributed by atoms with Crippen LogP contribution in [0.5, 0.6) is 5.75 Å². The van der Waals surface area contributed by atoms with Crippen molar-refractivity contribution in [2.24, 2.45) is 10.7 Å². The first-order valence-corrected chi connectivity index (χ1v) is 7.72. The number of ether oxygens (including phenoxy) is 1. The molecule has 6 heteroatoms. The van der Waals surface area contributed by atoms with Crippen molar-refractivity contribution >= 4 is 11.9 Å². The number of hydrogen-bond donors (Lipinski definition) is 2. The predicted molar refractivity (Wildman–Crippen MR) is 86.8 cm³/mol. The molecule has 1 aliphatic rings. The van der Waals surface area contributed by atoms with Crippen molar-refractivity contribution in [1.82, 2.24) is 10.2 Å². The molecule has 0 bridgehead atoms. The zero-order valence-electron chi connectivity index (χ0n) is 13.0. The van der Waals surface area contributed by atoms with Gasteiger partial charge < -0.3 is 20.7 Å². The fourth-order valence-electron chi connectivity index (χ4n) is 2.41. The number of primary amides is 1. The molecule has 120 valence electrons. The molecule has 0 aliphatic carbocycles. The minimum absolute atomic E-state index is 0.108. The Labute approximate surface area is 131 Å². The number of amides is 1. The van der Waals surface area contributed by atoms with Crippen LogP contribution in [0.2, 0.25) is 0 Å². The third kappa shape index (κ3) is 4.95. The van der Waals surface area contributed by atoms with Crippen molar-refractivity contribution in [3.63, 3.8) is 0 Å². The number of nitrogens with two attached hydrogens (primary N) is 1. The average Bonchev–Trinajstić information content (AvgIpc) is 3.04. The Bertz CT molecular complexity index is 525. The van der Waals surface area contributed by atoms with Crippen LogP contribution in [-0.2, 0) is 11.3 Å². The lowest BCUT2D eigenvalue weighted by molar-refractivity contribution is -0.119. The summed E-state index contributed by atoms with van der Waals surface area (Å²) in [7, 11) is 0. The van der Waals surface area contributed by atoms with Crippen molar-refractivity contribution in [3.8, 4) is 5.75 Å². The smallest absolute Gasteiger partial charge is 0.255 e. The van der Waals surface area contributed by atoms with Crippen LogP contribution in [0, 0.1) is 0 Å². The summed E-state index contributed by atoms with van der Waals surface area (Å²) in [6.45, 7) is 5.53. The van der Waals surface area contributed by atoms with E-state index in [0.717, 1.165) is 31.2 Å². The Morgan fingerprint density at radius 3 is 2.86 bits per heavy atom. The minimum Gasteiger partial charge on any atom is -0.484 e. The predicted octanol–water partition coefficient (Wildman–Crippen LogP) is 1.11. The number of hydrogen-bond acceptors (Lipinski definition) is 3. The largest absolute Gasteiger partial charge is 0.484 e. The SMILES string of the molecule is CCNC(=NCc1cccc(OCC(N)=O)c1)N1CCCC1. The van der Waals surface area contributed by atoms with E-state index in [0.29, 0.717) is 12.3 Å². The highest BCUT2D eigenvalue weighted by Crippen LogP contribution is 2.14. The minimum atomic E-state index is -0.480. The van der Waals surface area contributed by atoms with Gasteiger partial charge in [0.1, 0.15) is 5.75 Å². The molecule has 0 spiro atoms. The van der Waals surface area contributed by atoms with Crippen LogP contribution < -0.4 is 15.8 Å². The monoisotopic (exact) mass is 304 g/mol. The van der Waals surface area contributed by atoms with Crippen molar-refractivity contribution < 1.29 is 9.53 Å². The highest BCUT2D eigenvalue weighted by molar-refractivity contribution is 5.80. The first kappa shape index (κ1) is 16.1. The summed E-state index contributed by atoms with van der Waals surface area (Å²) < 4.78 is 5.31. The number of nitrogens with one attached hydrogen (secondary N) is 1. The molecular weight excluding hydrogens is 280 g/mol. The molecule has 0 unspecified atom stereocenters. The van der Waals surface area contributed by atoms with Gasteiger partial charge in [0, 0.05) is 19.6 Å². The van der Waals surface area contributed by atoms with E-state index < -0.39 is 5.91 Å². The molecule has 6 nitrogen and oxygen atoms in total. The topological polar surface area (TPSA) is 80.0 Å². The second-order valence-corrected chi connectivity index (χ2v) is 5.27. The first-order chi connectivity index (χ1) is 10.7. The highest BCUT2D eigenvalue weighted by Gasteiger charge is 2.15. The van der Waals surface area contributed by atoms with Gasteiger partial charge in [0.2, 0.25) is 0 Å². The van der Waals surface area contributed by atoms with Gasteiger partial charge in [-0.05, 0) is 37.5 Å². The van der Waals surface area contributed by atoms with Gasteiger partial charge in [-0.1, -0.05) is 12.1 Å². The van der Waals surface area contributed by atoms with Gasteiger partial charge in [-0.15, -0.1) is 0 Å². The number of carbonyl (C=O) groups excluding carboxylic acids is 1. The van der Waals surface area contributed by atoms with Crippen molar-refractivity contribution in [2.75, 3.05) is 26.2 Å². The lowest BCUT2D eigenvalue weighted by atomic mass is 10.2. The molecule has 0 aromatic heterocycles. The van der Waals surface area contributed by atoms with E-state index in [-0.39, 0.29) is 6.61 Å². The van der Waals surface area contributed by atoms with Crippen LogP contribution in [-0.4, -0.2) is 43.0 Å². The molecule has 0 radical (unpaired) electrons. The number of carbonyl (C=O) groups is 1. The quantitative estimate of drug-likeness (QED) is 0.609. The maximum atomic E-state index is 10.8. The number of likely N-dealkylation sites (tertiary alicyclic amines) is 1. The van der Waals surface area contributed by atoms with E-state index in [1.165, 1.54) is 12.8 Å². The molecule has 1 heterocycles. The Morgan fingerprint density at radius 1 is 1.41 bits per heavy atom. The molecule has 22 heavy (non-hydrogen) atoms. The van der Waals surface area contributed by atoms with Crippen LogP contribution in [0.15, 0.2) is 29.3 Å². The lowest BCUT2D eigenvalue weighted by Gasteiger charge is -2.20. The third-order valence-corrected chi connectivity index (χ3v) is 3.43. The highest BCUT2D eigenvalue weighted by atomic mass is 16.5. The molecule has 3 N–H and O–H groups in total. The van der Waals surface area contributed by atoms with E-state index in [9.17, 15) is 4.79 Å². The summed E-state index contributed by atoms with van der Waals surface area (Å²) in [4.78, 5) is 17.7. The van der Waals surface area contributed by atoms with Gasteiger partial charge in [-0.25, -0.2) is 4.99 Å². The van der Waals surface area contributed by atoms with Crippen LogP contribution in [0.4, 0.5) is 0 Å². The molecule has 1 saturated heterocycles. The first-order valence-electron chi connectivity index (χ1n) is 7.72. The molecule has 1 aliphatic heterocycles. The van der Waals surface area contributed by atoms with E-state index in [4.69, 9.17) is 10.5 Å². The van der Waals surface area contributed by atoms with E-state index in [1.54, 1.807) is 0 Å². The van der Waals surface area contributed by atoms with Crippen molar-refractivity contribution in [1.29, 1.82) is 0 Å². The van der Waals surface area contributed by atoms with Gasteiger partial charge in [0.15, 0.2) is 12.6 Å². The maximum absolute atomic E-state index is 10.8. The van der Waals surface area contributed by atoms with Crippen molar-refractivity contribution in [2.45, 2.75) is 26.3 Å². The Balaban J connectivity index is 1.99. The molecule has 1 fully saturated rings. The summed E-state index contributed by atoms with van der Waals surface area (Å²) in [5.41, 5.74) is 6.12. The van der Waals surface area contributed by atoms with E-state index in [2.05, 4.69) is 22.1 Å². The standard InChI is InChI=1S/C16H24N4O2/c1-2-18-16(20-8-3-4-9-20)19-11-13-6-5-7-14(10-13)22-12-15(17)21/h5-7,10H,2-4,8-9,11-12H2,1H3,(H2,17,21)(H,18,19). The zero-order valence-corrected chi connectivity index (χ0v) is 13.0. The van der Waals surface area contributed by atoms with Crippen LogP contribution in [0.1, 0.15) is 25.3 Å². The fraction of sp³-hybridized carbons (Fsp3) is 0.500. The Hall–Kier alpha value is -2.24. The summed E-state index contributed by atoms with van der Waals surface area (Å²) in [6.07, 6.45) is 2.45. The third-order valence-electron chi connectivity index (χ3n) is 3.43. The number of aliphatic imine (C=N–C) groups is 1. The summed E-state index contributed by atoms with van der Waals surface area (Å²) in [6, 6.07) is 7.58. The number of guanidine groups is 1. The second-order valence-electron chi connectivity index (χ2n) is 5.27. The Morgan fingerprint density at radius 2 is 2.18 bits per heavy atom. The summed E-state index contributed by atoms with van der Waals surface area (Å²) in [5, 5.41) is 3.33. The molecule has 1 amide bonds. The van der Waals surface area contributed by atoms with E-state index in [1.807, 2.05) is 24.3 Å². The van der Waals surface area contributed by atoms with Gasteiger partial charge in [-0.2, -0.15) is 0 Å². The Kier molecular flexibility index (Phi) is 6.06. The number of benzene rings is 1. The van der Waals surface area contributed by atoms with Crippen LogP contribution in [0.25, 0.3) is 0 Å². The molecular formula is C16H24N4O2. The summed E-state index contributed by atoms with van der Waals surface area (Å²) >= 11 is 0. The number of rotatable bonds is 6. The van der Waals surface area contributed by atoms with E-state index >= 15 is 0 Å². The fourth-order valence-corrected chi connectivity index (χ4v) is 2.41. The second kappa shape index (κ2) is 8.26.